The Labute approximate surface area is 188 Å². The predicted octanol–water partition coefficient (Wildman–Crippen LogP) is 5.52. The van der Waals surface area contributed by atoms with Gasteiger partial charge in [-0.2, -0.15) is 0 Å². The summed E-state index contributed by atoms with van der Waals surface area (Å²) in [5.74, 6) is 0.331. The highest BCUT2D eigenvalue weighted by atomic mass is 35.5. The van der Waals surface area contributed by atoms with Gasteiger partial charge in [0.2, 0.25) is 0 Å². The lowest BCUT2D eigenvalue weighted by Gasteiger charge is -2.14. The van der Waals surface area contributed by atoms with Crippen LogP contribution in [0.1, 0.15) is 6.92 Å². The van der Waals surface area contributed by atoms with Crippen LogP contribution in [0.3, 0.4) is 0 Å². The van der Waals surface area contributed by atoms with Gasteiger partial charge in [-0.05, 0) is 43.3 Å². The average molecular weight is 483 g/mol. The standard InChI is InChI=1S/C20H16Cl2N2O6S/c1-2-28-20(25)30-19-10-15(24-31(26,27)17-6-3-13(21)4-7-17)5-8-18(19)29-16-9-14(22)11-23-12-16/h3-12,24H,2H2,1H3. The number of ether oxygens (including phenoxy) is 3. The fourth-order valence-electron chi connectivity index (χ4n) is 2.38. The highest BCUT2D eigenvalue weighted by Gasteiger charge is 2.18. The van der Waals surface area contributed by atoms with E-state index in [1.807, 2.05) is 0 Å². The summed E-state index contributed by atoms with van der Waals surface area (Å²) in [6.45, 7) is 1.71. The average Bonchev–Trinajstić information content (AvgIpc) is 2.70. The summed E-state index contributed by atoms with van der Waals surface area (Å²) in [5, 5.41) is 0.749. The van der Waals surface area contributed by atoms with Crippen LogP contribution in [0.5, 0.6) is 17.2 Å². The fraction of sp³-hybridized carbons (Fsp3) is 0.100. The van der Waals surface area contributed by atoms with Gasteiger partial charge >= 0.3 is 6.16 Å². The second-order valence-corrected chi connectivity index (χ2v) is 8.50. The Bertz CT molecular complexity index is 1190. The molecule has 0 radical (unpaired) electrons. The van der Waals surface area contributed by atoms with E-state index in [9.17, 15) is 13.2 Å². The number of halogens is 2. The maximum Gasteiger partial charge on any atom is 0.513 e. The van der Waals surface area contributed by atoms with Crippen molar-refractivity contribution in [3.63, 3.8) is 0 Å². The van der Waals surface area contributed by atoms with Crippen LogP contribution >= 0.6 is 23.2 Å². The van der Waals surface area contributed by atoms with Gasteiger partial charge in [0.15, 0.2) is 11.5 Å². The molecule has 0 atom stereocenters. The molecule has 3 rings (SSSR count). The lowest BCUT2D eigenvalue weighted by atomic mass is 10.3. The van der Waals surface area contributed by atoms with Crippen molar-refractivity contribution in [3.05, 3.63) is 71.0 Å². The Hall–Kier alpha value is -3.01. The Morgan fingerprint density at radius 3 is 2.42 bits per heavy atom. The van der Waals surface area contributed by atoms with E-state index in [4.69, 9.17) is 37.4 Å². The van der Waals surface area contributed by atoms with E-state index < -0.39 is 16.2 Å². The molecule has 11 heteroatoms. The summed E-state index contributed by atoms with van der Waals surface area (Å²) in [6, 6.07) is 11.3. The van der Waals surface area contributed by atoms with E-state index in [0.29, 0.717) is 10.0 Å². The van der Waals surface area contributed by atoms with E-state index >= 15 is 0 Å². The van der Waals surface area contributed by atoms with Crippen molar-refractivity contribution in [2.75, 3.05) is 11.3 Å². The van der Waals surface area contributed by atoms with E-state index in [0.717, 1.165) is 0 Å². The Balaban J connectivity index is 1.91. The number of hydrogen-bond donors (Lipinski definition) is 1. The summed E-state index contributed by atoms with van der Waals surface area (Å²) in [5.41, 5.74) is 0.130. The lowest BCUT2D eigenvalue weighted by molar-refractivity contribution is 0.103. The normalized spacial score (nSPS) is 10.9. The van der Waals surface area contributed by atoms with Gasteiger partial charge < -0.3 is 14.2 Å². The van der Waals surface area contributed by atoms with Crippen molar-refractivity contribution < 1.29 is 27.4 Å². The van der Waals surface area contributed by atoms with E-state index in [2.05, 4.69) is 9.71 Å². The van der Waals surface area contributed by atoms with Gasteiger partial charge in [-0.1, -0.05) is 23.2 Å². The summed E-state index contributed by atoms with van der Waals surface area (Å²) in [6.07, 6.45) is 1.87. The van der Waals surface area contributed by atoms with Gasteiger partial charge in [0.05, 0.1) is 28.4 Å². The molecule has 0 spiro atoms. The molecule has 31 heavy (non-hydrogen) atoms. The molecule has 8 nitrogen and oxygen atoms in total. The number of carbonyl (C=O) groups is 1. The largest absolute Gasteiger partial charge is 0.513 e. The first kappa shape index (κ1) is 22.7. The molecular weight excluding hydrogens is 467 g/mol. The number of carbonyl (C=O) groups excluding carboxylic acids is 1. The Kier molecular flexibility index (Phi) is 7.21. The molecule has 0 aliphatic carbocycles. The second kappa shape index (κ2) is 9.86. The van der Waals surface area contributed by atoms with Gasteiger partial charge in [-0.3, -0.25) is 9.71 Å². The molecule has 0 fully saturated rings. The molecule has 0 bridgehead atoms. The summed E-state index contributed by atoms with van der Waals surface area (Å²) in [7, 11) is -3.91. The minimum Gasteiger partial charge on any atom is -0.452 e. The highest BCUT2D eigenvalue weighted by Crippen LogP contribution is 2.35. The maximum atomic E-state index is 12.6. The molecule has 1 heterocycles. The number of hydrogen-bond acceptors (Lipinski definition) is 7. The zero-order valence-electron chi connectivity index (χ0n) is 16.0. The number of aromatic nitrogens is 1. The third kappa shape index (κ3) is 6.24. The van der Waals surface area contributed by atoms with Gasteiger partial charge in [0.1, 0.15) is 5.75 Å². The number of nitrogens with one attached hydrogen (secondary N) is 1. The zero-order valence-corrected chi connectivity index (χ0v) is 18.4. The van der Waals surface area contributed by atoms with Crippen molar-refractivity contribution in [3.8, 4) is 17.2 Å². The molecule has 0 amide bonds. The zero-order chi connectivity index (χ0) is 22.4. The molecule has 2 aromatic carbocycles. The molecule has 1 aromatic heterocycles. The van der Waals surface area contributed by atoms with Gasteiger partial charge in [-0.15, -0.1) is 0 Å². The quantitative estimate of drug-likeness (QED) is 0.349. The van der Waals surface area contributed by atoms with Crippen LogP contribution in [-0.4, -0.2) is 26.2 Å². The minimum absolute atomic E-state index is 0.00934. The second-order valence-electron chi connectivity index (χ2n) is 5.95. The Morgan fingerprint density at radius 1 is 1.00 bits per heavy atom. The SMILES string of the molecule is CCOC(=O)Oc1cc(NS(=O)(=O)c2ccc(Cl)cc2)ccc1Oc1cncc(Cl)c1. The van der Waals surface area contributed by atoms with E-state index in [1.54, 1.807) is 6.92 Å². The number of nitrogens with zero attached hydrogens (tertiary/aromatic N) is 1. The first-order chi connectivity index (χ1) is 14.8. The van der Waals surface area contributed by atoms with Gasteiger partial charge in [0.25, 0.3) is 10.0 Å². The third-order valence-electron chi connectivity index (χ3n) is 3.68. The molecule has 0 saturated carbocycles. The van der Waals surface area contributed by atoms with Crippen LogP contribution in [0, 0.1) is 0 Å². The molecule has 0 unspecified atom stereocenters. The number of anilines is 1. The molecule has 0 aliphatic rings. The van der Waals surface area contributed by atoms with E-state index in [-0.39, 0.29) is 34.4 Å². The molecule has 0 saturated heterocycles. The molecule has 3 aromatic rings. The van der Waals surface area contributed by atoms with Gasteiger partial charge in [-0.25, -0.2) is 13.2 Å². The fourth-order valence-corrected chi connectivity index (χ4v) is 3.72. The van der Waals surface area contributed by atoms with E-state index in [1.165, 1.54) is 60.9 Å². The molecule has 1 N–H and O–H groups in total. The Morgan fingerprint density at radius 2 is 1.74 bits per heavy atom. The van der Waals surface area contributed by atoms with Crippen LogP contribution in [0.2, 0.25) is 10.0 Å². The van der Waals surface area contributed by atoms with Crippen molar-refractivity contribution in [1.82, 2.24) is 4.98 Å². The smallest absolute Gasteiger partial charge is 0.452 e. The number of rotatable bonds is 7. The summed E-state index contributed by atoms with van der Waals surface area (Å²) < 4.78 is 43.3. The van der Waals surface area contributed by atoms with Crippen LogP contribution in [0.15, 0.2) is 65.8 Å². The van der Waals surface area contributed by atoms with Crippen LogP contribution in [0.4, 0.5) is 10.5 Å². The van der Waals surface area contributed by atoms with Gasteiger partial charge in [0, 0.05) is 23.4 Å². The predicted molar refractivity (Wildman–Crippen MR) is 116 cm³/mol. The summed E-state index contributed by atoms with van der Waals surface area (Å²) >= 11 is 11.7. The number of pyridine rings is 1. The number of benzene rings is 2. The van der Waals surface area contributed by atoms with Crippen LogP contribution < -0.4 is 14.2 Å². The van der Waals surface area contributed by atoms with Crippen LogP contribution in [0.25, 0.3) is 0 Å². The molecule has 162 valence electrons. The third-order valence-corrected chi connectivity index (χ3v) is 5.54. The lowest BCUT2D eigenvalue weighted by Crippen LogP contribution is -2.14. The maximum absolute atomic E-state index is 12.6. The molecular formula is C20H16Cl2N2O6S. The van der Waals surface area contributed by atoms with Crippen LogP contribution in [-0.2, 0) is 14.8 Å². The molecule has 0 aliphatic heterocycles. The highest BCUT2D eigenvalue weighted by molar-refractivity contribution is 7.92. The van der Waals surface area contributed by atoms with Crippen molar-refractivity contribution >= 4 is 45.1 Å². The van der Waals surface area contributed by atoms with Crippen molar-refractivity contribution in [2.45, 2.75) is 11.8 Å². The topological polar surface area (TPSA) is 104 Å². The van der Waals surface area contributed by atoms with Crippen molar-refractivity contribution in [1.29, 1.82) is 0 Å². The monoisotopic (exact) mass is 482 g/mol. The first-order valence-electron chi connectivity index (χ1n) is 8.82. The van der Waals surface area contributed by atoms with Crippen molar-refractivity contribution in [2.24, 2.45) is 0 Å². The first-order valence-corrected chi connectivity index (χ1v) is 11.1. The summed E-state index contributed by atoms with van der Waals surface area (Å²) in [4.78, 5) is 15.8. The number of sulfonamides is 1. The minimum atomic E-state index is -3.91.